The van der Waals surface area contributed by atoms with Crippen LogP contribution >= 0.6 is 11.3 Å². The molecule has 37 heavy (non-hydrogen) atoms. The fraction of sp³-hybridized carbons (Fsp3) is 0.450. The first-order chi connectivity index (χ1) is 17.2. The molecule has 3 N–H and O–H groups in total. The van der Waals surface area contributed by atoms with Crippen molar-refractivity contribution in [2.75, 3.05) is 23.3 Å². The second kappa shape index (κ2) is 9.77. The molecule has 2 aliphatic heterocycles. The number of carboxylic acid groups (broad SMARTS) is 1. The highest BCUT2D eigenvalue weighted by Crippen LogP contribution is 2.34. The van der Waals surface area contributed by atoms with Crippen LogP contribution in [0.3, 0.4) is 0 Å². The van der Waals surface area contributed by atoms with Crippen LogP contribution in [0, 0.1) is 0 Å². The minimum absolute atomic E-state index is 0.194. The molecule has 17 heteroatoms. The quantitative estimate of drug-likeness (QED) is 0.424. The molecule has 0 aromatic carbocycles. The van der Waals surface area contributed by atoms with Crippen LogP contribution in [0.5, 0.6) is 0 Å². The van der Waals surface area contributed by atoms with Crippen molar-refractivity contribution in [3.05, 3.63) is 29.0 Å². The molecule has 1 amide bonds. The second-order valence-corrected chi connectivity index (χ2v) is 9.25. The van der Waals surface area contributed by atoms with Gasteiger partial charge in [0.05, 0.1) is 17.4 Å². The van der Waals surface area contributed by atoms with Gasteiger partial charge in [-0.1, -0.05) is 0 Å². The predicted molar refractivity (Wildman–Crippen MR) is 119 cm³/mol. The highest BCUT2D eigenvalue weighted by molar-refractivity contribution is 7.17. The number of fused-ring (bicyclic) bond motifs is 3. The van der Waals surface area contributed by atoms with Crippen LogP contribution in [0.25, 0.3) is 10.3 Å². The molecule has 2 atom stereocenters. The van der Waals surface area contributed by atoms with E-state index in [1.54, 1.807) is 11.6 Å². The molecule has 3 aromatic heterocycles. The third-order valence-corrected chi connectivity index (χ3v) is 6.52. The molecular formula is C20H19F6N7O3S. The number of hydrogen-bond donors (Lipinski definition) is 3. The summed E-state index contributed by atoms with van der Waals surface area (Å²) in [5.41, 5.74) is -0.948. The number of carboxylic acids is 1. The molecule has 2 fully saturated rings. The van der Waals surface area contributed by atoms with Crippen molar-refractivity contribution < 1.29 is 41.0 Å². The number of anilines is 2. The van der Waals surface area contributed by atoms with Gasteiger partial charge in [0.15, 0.2) is 5.69 Å². The molecule has 2 bridgehead atoms. The molecule has 0 radical (unpaired) electrons. The number of piperazine rings is 1. The third kappa shape index (κ3) is 5.93. The van der Waals surface area contributed by atoms with Crippen LogP contribution in [0.1, 0.15) is 28.9 Å². The van der Waals surface area contributed by atoms with E-state index in [0.717, 1.165) is 36.8 Å². The Hall–Kier alpha value is -3.47. The molecular weight excluding hydrogens is 532 g/mol. The number of halogens is 6. The first-order valence-corrected chi connectivity index (χ1v) is 11.6. The highest BCUT2D eigenvalue weighted by Gasteiger charge is 2.39. The van der Waals surface area contributed by atoms with Crippen molar-refractivity contribution in [2.45, 2.75) is 37.3 Å². The van der Waals surface area contributed by atoms with Gasteiger partial charge in [0.1, 0.15) is 16.2 Å². The third-order valence-electron chi connectivity index (χ3n) is 5.64. The average Bonchev–Trinajstić information content (AvgIpc) is 3.49. The maximum absolute atomic E-state index is 13.2. The Morgan fingerprint density at radius 3 is 2.35 bits per heavy atom. The summed E-state index contributed by atoms with van der Waals surface area (Å²) in [5, 5.41) is 18.0. The largest absolute Gasteiger partial charge is 0.490 e. The van der Waals surface area contributed by atoms with Gasteiger partial charge in [-0.3, -0.25) is 9.48 Å². The monoisotopic (exact) mass is 551 g/mol. The lowest BCUT2D eigenvalue weighted by Crippen LogP contribution is -2.51. The van der Waals surface area contributed by atoms with Gasteiger partial charge in [0.2, 0.25) is 0 Å². The summed E-state index contributed by atoms with van der Waals surface area (Å²) in [6.45, 7) is 1.62. The van der Waals surface area contributed by atoms with Gasteiger partial charge < -0.3 is 20.6 Å². The molecule has 5 rings (SSSR count). The number of amides is 1. The summed E-state index contributed by atoms with van der Waals surface area (Å²) in [7, 11) is 1.36. The maximum Gasteiger partial charge on any atom is 0.490 e. The standard InChI is InChI=1S/C18H18F3N7OS.C2HF3O2/c1-27-7-12(15(26-27)18(19,20)21)24-16(29)11-8-30-17-14(11)25-13(4-22-17)28-5-9-2-3-10(6-28)23-9;3-2(4,5)1(6)7/h4,7-10,23H,2-3,5-6H2,1H3,(H,24,29);(H,6,7). The molecule has 10 nitrogen and oxygen atoms in total. The molecule has 0 saturated carbocycles. The molecule has 200 valence electrons. The van der Waals surface area contributed by atoms with Gasteiger partial charge in [-0.15, -0.1) is 11.3 Å². The Morgan fingerprint density at radius 1 is 1.16 bits per heavy atom. The summed E-state index contributed by atoms with van der Waals surface area (Å²) in [6, 6.07) is 0.829. The fourth-order valence-electron chi connectivity index (χ4n) is 4.08. The number of carbonyl (C=O) groups is 2. The summed E-state index contributed by atoms with van der Waals surface area (Å²) >= 11 is 1.23. The van der Waals surface area contributed by atoms with E-state index in [1.165, 1.54) is 18.4 Å². The second-order valence-electron chi connectivity index (χ2n) is 8.39. The Balaban J connectivity index is 0.000000405. The number of carbonyl (C=O) groups excluding carboxylic acids is 1. The Bertz CT molecular complexity index is 1310. The van der Waals surface area contributed by atoms with E-state index in [2.05, 4.69) is 30.6 Å². The lowest BCUT2D eigenvalue weighted by molar-refractivity contribution is -0.192. The van der Waals surface area contributed by atoms with Gasteiger partial charge in [-0.25, -0.2) is 14.8 Å². The predicted octanol–water partition coefficient (Wildman–Crippen LogP) is 3.27. The van der Waals surface area contributed by atoms with Crippen LogP contribution in [0.2, 0.25) is 0 Å². The Labute approximate surface area is 208 Å². The SMILES string of the molecule is Cn1cc(NC(=O)c2csc3ncc(N4CC5CCC(C4)N5)nc23)c(C(F)(F)F)n1.O=C(O)C(F)(F)F. The Kier molecular flexibility index (Phi) is 7.02. The van der Waals surface area contributed by atoms with Crippen LogP contribution in [0.4, 0.5) is 37.8 Å². The van der Waals surface area contributed by atoms with Gasteiger partial charge in [-0.05, 0) is 12.8 Å². The van der Waals surface area contributed by atoms with Gasteiger partial charge in [0, 0.05) is 43.8 Å². The van der Waals surface area contributed by atoms with Crippen LogP contribution in [0.15, 0.2) is 17.8 Å². The normalized spacial score (nSPS) is 19.5. The first-order valence-electron chi connectivity index (χ1n) is 10.7. The number of nitrogens with one attached hydrogen (secondary N) is 2. The van der Waals surface area contributed by atoms with Crippen LogP contribution in [-0.4, -0.2) is 68.1 Å². The van der Waals surface area contributed by atoms with Gasteiger partial charge in [0.25, 0.3) is 5.91 Å². The van der Waals surface area contributed by atoms with E-state index in [0.29, 0.717) is 28.2 Å². The molecule has 2 saturated heterocycles. The molecule has 3 aromatic rings. The molecule has 2 aliphatic rings. The van der Waals surface area contributed by atoms with E-state index >= 15 is 0 Å². The van der Waals surface area contributed by atoms with Crippen LogP contribution in [-0.2, 0) is 18.0 Å². The van der Waals surface area contributed by atoms with Gasteiger partial charge >= 0.3 is 18.3 Å². The van der Waals surface area contributed by atoms with Crippen molar-refractivity contribution in [1.82, 2.24) is 25.1 Å². The fourth-order valence-corrected chi connectivity index (χ4v) is 4.91. The molecule has 0 spiro atoms. The highest BCUT2D eigenvalue weighted by atomic mass is 32.1. The first kappa shape index (κ1) is 26.6. The van der Waals surface area contributed by atoms with E-state index in [-0.39, 0.29) is 5.56 Å². The average molecular weight is 551 g/mol. The number of rotatable bonds is 3. The van der Waals surface area contributed by atoms with E-state index in [1.807, 2.05) is 0 Å². The minimum Gasteiger partial charge on any atom is -0.475 e. The summed E-state index contributed by atoms with van der Waals surface area (Å²) < 4.78 is 72.3. The summed E-state index contributed by atoms with van der Waals surface area (Å²) in [6.07, 6.45) is -4.70. The van der Waals surface area contributed by atoms with Crippen LogP contribution < -0.4 is 15.5 Å². The lowest BCUT2D eigenvalue weighted by Gasteiger charge is -2.33. The van der Waals surface area contributed by atoms with Crippen molar-refractivity contribution in [3.63, 3.8) is 0 Å². The zero-order valence-corrected chi connectivity index (χ0v) is 19.7. The smallest absolute Gasteiger partial charge is 0.475 e. The van der Waals surface area contributed by atoms with Crippen molar-refractivity contribution in [2.24, 2.45) is 7.05 Å². The molecule has 5 heterocycles. The van der Waals surface area contributed by atoms with Crippen molar-refractivity contribution >= 4 is 45.1 Å². The number of aryl methyl sites for hydroxylation is 1. The Morgan fingerprint density at radius 2 is 1.78 bits per heavy atom. The lowest BCUT2D eigenvalue weighted by atomic mass is 10.2. The van der Waals surface area contributed by atoms with E-state index in [9.17, 15) is 31.1 Å². The van der Waals surface area contributed by atoms with Gasteiger partial charge in [-0.2, -0.15) is 31.4 Å². The van der Waals surface area contributed by atoms with Crippen molar-refractivity contribution in [1.29, 1.82) is 0 Å². The summed E-state index contributed by atoms with van der Waals surface area (Å²) in [4.78, 5) is 33.4. The van der Waals surface area contributed by atoms with Crippen molar-refractivity contribution in [3.8, 4) is 0 Å². The summed E-state index contributed by atoms with van der Waals surface area (Å²) in [5.74, 6) is -2.76. The molecule has 0 aliphatic carbocycles. The number of alkyl halides is 6. The number of thiophene rings is 1. The number of hydrogen-bond acceptors (Lipinski definition) is 8. The minimum atomic E-state index is -5.08. The van der Waals surface area contributed by atoms with E-state index < -0.39 is 35.6 Å². The topological polar surface area (TPSA) is 125 Å². The number of aromatic nitrogens is 4. The zero-order valence-electron chi connectivity index (χ0n) is 18.9. The van der Waals surface area contributed by atoms with E-state index in [4.69, 9.17) is 9.90 Å². The zero-order chi connectivity index (χ0) is 27.1. The number of aliphatic carboxylic acids is 1. The molecule has 2 unspecified atom stereocenters. The maximum atomic E-state index is 13.2. The number of nitrogens with zero attached hydrogens (tertiary/aromatic N) is 5.